The van der Waals surface area contributed by atoms with Crippen molar-refractivity contribution in [3.05, 3.63) is 21.9 Å². The van der Waals surface area contributed by atoms with Gasteiger partial charge in [-0.3, -0.25) is 0 Å². The Labute approximate surface area is 108 Å². The predicted molar refractivity (Wildman–Crippen MR) is 72.1 cm³/mol. The average Bonchev–Trinajstić information content (AvgIpc) is 2.75. The zero-order valence-electron chi connectivity index (χ0n) is 10.5. The molecule has 0 aromatic carbocycles. The van der Waals surface area contributed by atoms with Crippen LogP contribution in [-0.2, 0) is 11.3 Å². The van der Waals surface area contributed by atoms with Crippen LogP contribution in [0.25, 0.3) is 0 Å². The van der Waals surface area contributed by atoms with Crippen LogP contribution in [0.15, 0.2) is 12.1 Å². The highest BCUT2D eigenvalue weighted by molar-refractivity contribution is 7.12. The lowest BCUT2D eigenvalue weighted by Crippen LogP contribution is -2.06. The number of rotatable bonds is 6. The highest BCUT2D eigenvalue weighted by Gasteiger charge is 2.03. The first kappa shape index (κ1) is 14.2. The van der Waals surface area contributed by atoms with E-state index in [4.69, 9.17) is 9.84 Å². The molecular weight excluding hydrogens is 232 g/mol. The Bertz CT molecular complexity index is 373. The maximum Gasteiger partial charge on any atom is 0.0813 e. The second-order valence-electron chi connectivity index (χ2n) is 3.95. The van der Waals surface area contributed by atoms with Gasteiger partial charge in [0.05, 0.1) is 24.2 Å². The Morgan fingerprint density at radius 3 is 3.00 bits per heavy atom. The second kappa shape index (κ2) is 8.30. The lowest BCUT2D eigenvalue weighted by atomic mass is 10.2. The molecule has 1 heterocycles. The van der Waals surface area contributed by atoms with Crippen LogP contribution in [0.5, 0.6) is 0 Å². The zero-order chi connectivity index (χ0) is 12.5. The van der Waals surface area contributed by atoms with Crippen molar-refractivity contribution < 1.29 is 9.84 Å². The minimum atomic E-state index is 0.128. The lowest BCUT2D eigenvalue weighted by Gasteiger charge is -2.10. The molecule has 0 aliphatic carbocycles. The molecule has 0 aliphatic heterocycles. The third-order valence-corrected chi connectivity index (χ3v) is 3.29. The normalized spacial score (nSPS) is 11.9. The van der Waals surface area contributed by atoms with Gasteiger partial charge in [-0.25, -0.2) is 0 Å². The molecule has 2 nitrogen and oxygen atoms in total. The van der Waals surface area contributed by atoms with Crippen LogP contribution in [-0.4, -0.2) is 17.8 Å². The minimum absolute atomic E-state index is 0.128. The molecule has 17 heavy (non-hydrogen) atoms. The first-order valence-electron chi connectivity index (χ1n) is 6.06. The third-order valence-electron chi connectivity index (χ3n) is 2.32. The summed E-state index contributed by atoms with van der Waals surface area (Å²) in [6, 6.07) is 4.07. The number of ether oxygens (including phenoxy) is 1. The molecule has 0 fully saturated rings. The molecule has 1 rings (SSSR count). The molecule has 1 aromatic heterocycles. The van der Waals surface area contributed by atoms with E-state index < -0.39 is 0 Å². The highest BCUT2D eigenvalue weighted by Crippen LogP contribution is 2.17. The predicted octanol–water partition coefficient (Wildman–Crippen LogP) is 3.19. The highest BCUT2D eigenvalue weighted by atomic mass is 32.1. The van der Waals surface area contributed by atoms with E-state index in [9.17, 15) is 0 Å². The van der Waals surface area contributed by atoms with Crippen molar-refractivity contribution in [2.45, 2.75) is 45.8 Å². The fourth-order valence-electron chi connectivity index (χ4n) is 1.44. The Balaban J connectivity index is 2.38. The van der Waals surface area contributed by atoms with Crippen LogP contribution in [0.3, 0.4) is 0 Å². The van der Waals surface area contributed by atoms with E-state index in [-0.39, 0.29) is 6.61 Å². The quantitative estimate of drug-likeness (QED) is 0.788. The molecule has 1 unspecified atom stereocenters. The number of hydrogen-bond acceptors (Lipinski definition) is 3. The van der Waals surface area contributed by atoms with Crippen molar-refractivity contribution in [2.75, 3.05) is 6.61 Å². The van der Waals surface area contributed by atoms with Gasteiger partial charge >= 0.3 is 0 Å². The monoisotopic (exact) mass is 252 g/mol. The van der Waals surface area contributed by atoms with E-state index in [1.54, 1.807) is 11.3 Å². The summed E-state index contributed by atoms with van der Waals surface area (Å²) in [5.74, 6) is 5.95. The number of aliphatic hydroxyl groups excluding tert-OH is 1. The van der Waals surface area contributed by atoms with E-state index in [0.29, 0.717) is 19.1 Å². The smallest absolute Gasteiger partial charge is 0.0813 e. The number of thiophene rings is 1. The molecule has 0 bridgehead atoms. The van der Waals surface area contributed by atoms with E-state index >= 15 is 0 Å². The molecule has 0 amide bonds. The SMILES string of the molecule is CCCC(C)OCc1ccc(C#CCCO)s1. The van der Waals surface area contributed by atoms with Crippen LogP contribution in [0, 0.1) is 11.8 Å². The molecule has 94 valence electrons. The van der Waals surface area contributed by atoms with Gasteiger partial charge in [-0.15, -0.1) is 11.3 Å². The second-order valence-corrected chi connectivity index (χ2v) is 5.12. The van der Waals surface area contributed by atoms with Crippen molar-refractivity contribution in [1.29, 1.82) is 0 Å². The molecule has 0 spiro atoms. The molecule has 1 atom stereocenters. The van der Waals surface area contributed by atoms with Crippen LogP contribution in [0.1, 0.15) is 42.9 Å². The topological polar surface area (TPSA) is 29.5 Å². The molecule has 0 aliphatic rings. The van der Waals surface area contributed by atoms with Crippen LogP contribution in [0.4, 0.5) is 0 Å². The fraction of sp³-hybridized carbons (Fsp3) is 0.571. The van der Waals surface area contributed by atoms with Gasteiger partial charge in [0.15, 0.2) is 0 Å². The van der Waals surface area contributed by atoms with Crippen molar-refractivity contribution in [1.82, 2.24) is 0 Å². The molecule has 1 aromatic rings. The number of aliphatic hydroxyl groups is 1. The van der Waals surface area contributed by atoms with Crippen molar-refractivity contribution >= 4 is 11.3 Å². The Morgan fingerprint density at radius 1 is 1.47 bits per heavy atom. The van der Waals surface area contributed by atoms with Gasteiger partial charge in [0.1, 0.15) is 0 Å². The summed E-state index contributed by atoms with van der Waals surface area (Å²) >= 11 is 1.66. The van der Waals surface area contributed by atoms with Gasteiger partial charge < -0.3 is 9.84 Å². The Hall–Kier alpha value is -0.820. The fourth-order valence-corrected chi connectivity index (χ4v) is 2.25. The summed E-state index contributed by atoms with van der Waals surface area (Å²) in [6.45, 7) is 5.08. The van der Waals surface area contributed by atoms with E-state index in [0.717, 1.165) is 17.7 Å². The van der Waals surface area contributed by atoms with Gasteiger partial charge in [-0.2, -0.15) is 0 Å². The van der Waals surface area contributed by atoms with E-state index in [1.807, 2.05) is 6.07 Å². The summed E-state index contributed by atoms with van der Waals surface area (Å²) in [5.41, 5.74) is 0. The first-order chi connectivity index (χ1) is 8.26. The zero-order valence-corrected chi connectivity index (χ0v) is 11.3. The summed E-state index contributed by atoms with van der Waals surface area (Å²) in [5, 5.41) is 8.63. The largest absolute Gasteiger partial charge is 0.395 e. The first-order valence-corrected chi connectivity index (χ1v) is 6.88. The van der Waals surface area contributed by atoms with Crippen LogP contribution in [0.2, 0.25) is 0 Å². The van der Waals surface area contributed by atoms with Gasteiger partial charge in [0.25, 0.3) is 0 Å². The minimum Gasteiger partial charge on any atom is -0.395 e. The van der Waals surface area contributed by atoms with Gasteiger partial charge in [-0.1, -0.05) is 25.2 Å². The van der Waals surface area contributed by atoms with Crippen molar-refractivity contribution in [2.24, 2.45) is 0 Å². The van der Waals surface area contributed by atoms with Crippen LogP contribution >= 0.6 is 11.3 Å². The lowest BCUT2D eigenvalue weighted by molar-refractivity contribution is 0.0488. The molecular formula is C14H20O2S. The van der Waals surface area contributed by atoms with E-state index in [2.05, 4.69) is 31.8 Å². The van der Waals surface area contributed by atoms with Crippen LogP contribution < -0.4 is 0 Å². The maximum atomic E-state index is 8.63. The maximum absolute atomic E-state index is 8.63. The van der Waals surface area contributed by atoms with Gasteiger partial charge in [0, 0.05) is 11.3 Å². The van der Waals surface area contributed by atoms with E-state index in [1.165, 1.54) is 4.88 Å². The number of hydrogen-bond donors (Lipinski definition) is 1. The van der Waals surface area contributed by atoms with Gasteiger partial charge in [-0.05, 0) is 25.5 Å². The molecule has 0 saturated heterocycles. The summed E-state index contributed by atoms with van der Waals surface area (Å²) in [6.07, 6.45) is 3.13. The van der Waals surface area contributed by atoms with Crippen molar-refractivity contribution in [3.8, 4) is 11.8 Å². The molecule has 1 N–H and O–H groups in total. The summed E-state index contributed by atoms with van der Waals surface area (Å²) in [4.78, 5) is 2.25. The summed E-state index contributed by atoms with van der Waals surface area (Å²) < 4.78 is 5.73. The van der Waals surface area contributed by atoms with Gasteiger partial charge in [0.2, 0.25) is 0 Å². The molecule has 0 radical (unpaired) electrons. The average molecular weight is 252 g/mol. The third kappa shape index (κ3) is 5.88. The molecule has 0 saturated carbocycles. The summed E-state index contributed by atoms with van der Waals surface area (Å²) in [7, 11) is 0. The standard InChI is InChI=1S/C14H20O2S/c1-3-6-12(2)16-11-14-9-8-13(17-14)7-4-5-10-15/h8-9,12,15H,3,5-6,10-11H2,1-2H3. The Kier molecular flexibility index (Phi) is 6.95. The Morgan fingerprint density at radius 2 is 2.29 bits per heavy atom. The van der Waals surface area contributed by atoms with Crippen molar-refractivity contribution in [3.63, 3.8) is 0 Å². The molecule has 3 heteroatoms.